The van der Waals surface area contributed by atoms with Gasteiger partial charge in [0, 0.05) is 6.20 Å². The number of aliphatic hydroxyl groups excluding tert-OH is 1. The van der Waals surface area contributed by atoms with E-state index in [1.54, 1.807) is 12.3 Å². The molecule has 1 saturated carbocycles. The summed E-state index contributed by atoms with van der Waals surface area (Å²) in [5.41, 5.74) is 0.881. The number of pyridine rings is 1. The van der Waals surface area contributed by atoms with E-state index in [0.29, 0.717) is 11.1 Å². The maximum atomic E-state index is 9.99. The molecule has 1 heterocycles. The lowest BCUT2D eigenvalue weighted by Gasteiger charge is -2.15. The lowest BCUT2D eigenvalue weighted by atomic mass is 9.97. The number of aromatic nitrogens is 1. The third-order valence-electron chi connectivity index (χ3n) is 3.17. The molecule has 15 heavy (non-hydrogen) atoms. The number of halogens is 1. The molecule has 1 atom stereocenters. The minimum absolute atomic E-state index is 0.377. The number of hydrogen-bond acceptors (Lipinski definition) is 2. The number of hydrogen-bond donors (Lipinski definition) is 1. The van der Waals surface area contributed by atoms with Crippen molar-refractivity contribution in [2.45, 2.75) is 38.2 Å². The van der Waals surface area contributed by atoms with Crippen LogP contribution in [-0.4, -0.2) is 10.1 Å². The smallest absolute Gasteiger partial charge is 0.129 e. The molecule has 0 saturated heterocycles. The number of aliphatic hydroxyl groups is 1. The van der Waals surface area contributed by atoms with Gasteiger partial charge in [-0.1, -0.05) is 43.4 Å². The molecule has 0 radical (unpaired) electrons. The van der Waals surface area contributed by atoms with Crippen molar-refractivity contribution >= 4 is 11.6 Å². The molecule has 1 aliphatic carbocycles. The third kappa shape index (κ3) is 2.93. The van der Waals surface area contributed by atoms with Gasteiger partial charge in [0.25, 0.3) is 0 Å². The Morgan fingerprint density at radius 1 is 1.40 bits per heavy atom. The van der Waals surface area contributed by atoms with Crippen molar-refractivity contribution in [1.82, 2.24) is 4.98 Å². The molecule has 0 spiro atoms. The average Bonchev–Trinajstić information content (AvgIpc) is 2.71. The topological polar surface area (TPSA) is 33.1 Å². The van der Waals surface area contributed by atoms with Gasteiger partial charge in [-0.15, -0.1) is 0 Å². The van der Waals surface area contributed by atoms with Crippen molar-refractivity contribution in [3.05, 3.63) is 29.0 Å². The molecule has 82 valence electrons. The summed E-state index contributed by atoms with van der Waals surface area (Å²) >= 11 is 5.69. The Morgan fingerprint density at radius 3 is 2.73 bits per heavy atom. The van der Waals surface area contributed by atoms with Crippen LogP contribution in [0, 0.1) is 5.92 Å². The van der Waals surface area contributed by atoms with Gasteiger partial charge in [-0.3, -0.25) is 0 Å². The van der Waals surface area contributed by atoms with Gasteiger partial charge < -0.3 is 5.11 Å². The molecule has 0 aliphatic heterocycles. The highest BCUT2D eigenvalue weighted by molar-refractivity contribution is 6.29. The average molecular weight is 226 g/mol. The maximum absolute atomic E-state index is 9.99. The van der Waals surface area contributed by atoms with Crippen molar-refractivity contribution in [3.8, 4) is 0 Å². The first-order valence-corrected chi connectivity index (χ1v) is 5.93. The van der Waals surface area contributed by atoms with Gasteiger partial charge in [-0.25, -0.2) is 4.98 Å². The Bertz CT molecular complexity index is 306. The fraction of sp³-hybridized carbons (Fsp3) is 0.583. The highest BCUT2D eigenvalue weighted by Gasteiger charge is 2.19. The monoisotopic (exact) mass is 225 g/mol. The van der Waals surface area contributed by atoms with Crippen molar-refractivity contribution < 1.29 is 5.11 Å². The second-order valence-electron chi connectivity index (χ2n) is 4.32. The van der Waals surface area contributed by atoms with E-state index in [1.807, 2.05) is 6.07 Å². The predicted octanol–water partition coefficient (Wildman–Crippen LogP) is 3.35. The summed E-state index contributed by atoms with van der Waals surface area (Å²) in [4.78, 5) is 3.98. The molecular formula is C12H16ClNO. The molecule has 1 unspecified atom stereocenters. The van der Waals surface area contributed by atoms with E-state index < -0.39 is 0 Å². The summed E-state index contributed by atoms with van der Waals surface area (Å²) in [5.74, 6) is 0.690. The first-order valence-electron chi connectivity index (χ1n) is 5.55. The summed E-state index contributed by atoms with van der Waals surface area (Å²) in [6.45, 7) is 0. The standard InChI is InChI=1S/C12H16ClNO/c13-12-6-5-10(8-14-12)11(15)7-9-3-1-2-4-9/h5-6,8-9,11,15H,1-4,7H2. The molecular weight excluding hydrogens is 210 g/mol. The fourth-order valence-electron chi connectivity index (χ4n) is 2.28. The van der Waals surface area contributed by atoms with E-state index in [1.165, 1.54) is 25.7 Å². The molecule has 0 bridgehead atoms. The second kappa shape index (κ2) is 4.95. The van der Waals surface area contributed by atoms with E-state index in [2.05, 4.69) is 4.98 Å². The summed E-state index contributed by atoms with van der Waals surface area (Å²) in [6, 6.07) is 3.59. The summed E-state index contributed by atoms with van der Waals surface area (Å²) in [7, 11) is 0. The van der Waals surface area contributed by atoms with E-state index in [-0.39, 0.29) is 6.10 Å². The van der Waals surface area contributed by atoms with Crippen LogP contribution in [-0.2, 0) is 0 Å². The first-order chi connectivity index (χ1) is 7.25. The number of rotatable bonds is 3. The Morgan fingerprint density at radius 2 is 2.13 bits per heavy atom. The van der Waals surface area contributed by atoms with Crippen LogP contribution in [0.25, 0.3) is 0 Å². The minimum Gasteiger partial charge on any atom is -0.388 e. The lowest BCUT2D eigenvalue weighted by molar-refractivity contribution is 0.144. The largest absolute Gasteiger partial charge is 0.388 e. The molecule has 1 fully saturated rings. The van der Waals surface area contributed by atoms with Crippen LogP contribution in [0.1, 0.15) is 43.8 Å². The molecule has 1 aromatic rings. The zero-order chi connectivity index (χ0) is 10.7. The Labute approximate surface area is 95.3 Å². The van der Waals surface area contributed by atoms with Crippen LogP contribution >= 0.6 is 11.6 Å². The van der Waals surface area contributed by atoms with E-state index in [9.17, 15) is 5.11 Å². The number of nitrogens with zero attached hydrogens (tertiary/aromatic N) is 1. The van der Waals surface area contributed by atoms with Crippen LogP contribution in [0.15, 0.2) is 18.3 Å². The Kier molecular flexibility index (Phi) is 3.60. The molecule has 2 rings (SSSR count). The van der Waals surface area contributed by atoms with E-state index in [0.717, 1.165) is 12.0 Å². The molecule has 1 aromatic heterocycles. The fourth-order valence-corrected chi connectivity index (χ4v) is 2.39. The van der Waals surface area contributed by atoms with E-state index in [4.69, 9.17) is 11.6 Å². The summed E-state index contributed by atoms with van der Waals surface area (Å²) < 4.78 is 0. The third-order valence-corrected chi connectivity index (χ3v) is 3.39. The molecule has 1 N–H and O–H groups in total. The van der Waals surface area contributed by atoms with Gasteiger partial charge >= 0.3 is 0 Å². The van der Waals surface area contributed by atoms with Crippen LogP contribution in [0.3, 0.4) is 0 Å². The maximum Gasteiger partial charge on any atom is 0.129 e. The van der Waals surface area contributed by atoms with Crippen LogP contribution in [0.5, 0.6) is 0 Å². The molecule has 3 heteroatoms. The zero-order valence-corrected chi connectivity index (χ0v) is 9.45. The summed E-state index contributed by atoms with van der Waals surface area (Å²) in [5, 5.41) is 10.5. The van der Waals surface area contributed by atoms with Crippen LogP contribution < -0.4 is 0 Å². The second-order valence-corrected chi connectivity index (χ2v) is 4.70. The van der Waals surface area contributed by atoms with Crippen LogP contribution in [0.4, 0.5) is 0 Å². The molecule has 2 nitrogen and oxygen atoms in total. The first kappa shape index (κ1) is 10.9. The van der Waals surface area contributed by atoms with Crippen molar-refractivity contribution in [2.75, 3.05) is 0 Å². The van der Waals surface area contributed by atoms with Gasteiger partial charge in [0.2, 0.25) is 0 Å². The summed E-state index contributed by atoms with van der Waals surface area (Å²) in [6.07, 6.45) is 7.31. The van der Waals surface area contributed by atoms with Gasteiger partial charge in [0.05, 0.1) is 6.10 Å². The van der Waals surface area contributed by atoms with Crippen LogP contribution in [0.2, 0.25) is 5.15 Å². The molecule has 0 aromatic carbocycles. The quantitative estimate of drug-likeness (QED) is 0.801. The van der Waals surface area contributed by atoms with E-state index >= 15 is 0 Å². The SMILES string of the molecule is OC(CC1CCCC1)c1ccc(Cl)nc1. The normalized spacial score (nSPS) is 19.3. The lowest BCUT2D eigenvalue weighted by Crippen LogP contribution is -2.04. The van der Waals surface area contributed by atoms with Crippen molar-refractivity contribution in [1.29, 1.82) is 0 Å². The van der Waals surface area contributed by atoms with Gasteiger partial charge in [0.15, 0.2) is 0 Å². The molecule has 0 amide bonds. The highest BCUT2D eigenvalue weighted by Crippen LogP contribution is 2.32. The van der Waals surface area contributed by atoms with Gasteiger partial charge in [-0.05, 0) is 24.0 Å². The predicted molar refractivity (Wildman–Crippen MR) is 60.8 cm³/mol. The minimum atomic E-state index is -0.377. The van der Waals surface area contributed by atoms with Gasteiger partial charge in [0.1, 0.15) is 5.15 Å². The van der Waals surface area contributed by atoms with Crippen molar-refractivity contribution in [2.24, 2.45) is 5.92 Å². The Balaban J connectivity index is 1.94. The molecule has 1 aliphatic rings. The highest BCUT2D eigenvalue weighted by atomic mass is 35.5. The van der Waals surface area contributed by atoms with Crippen molar-refractivity contribution in [3.63, 3.8) is 0 Å². The zero-order valence-electron chi connectivity index (χ0n) is 8.69. The van der Waals surface area contributed by atoms with Gasteiger partial charge in [-0.2, -0.15) is 0 Å². The Hall–Kier alpha value is -0.600.